The summed E-state index contributed by atoms with van der Waals surface area (Å²) in [5.41, 5.74) is 3.50. The van der Waals surface area contributed by atoms with Gasteiger partial charge in [-0.1, -0.05) is 29.8 Å². The van der Waals surface area contributed by atoms with Crippen molar-refractivity contribution in [2.45, 2.75) is 12.5 Å². The fourth-order valence-corrected chi connectivity index (χ4v) is 3.35. The van der Waals surface area contributed by atoms with Gasteiger partial charge in [-0.05, 0) is 29.3 Å². The van der Waals surface area contributed by atoms with Crippen molar-refractivity contribution in [3.63, 3.8) is 0 Å². The predicted octanol–water partition coefficient (Wildman–Crippen LogP) is 3.24. The van der Waals surface area contributed by atoms with Crippen molar-refractivity contribution < 1.29 is 19.4 Å². The zero-order valence-corrected chi connectivity index (χ0v) is 13.9. The summed E-state index contributed by atoms with van der Waals surface area (Å²) in [7, 11) is 0. The van der Waals surface area contributed by atoms with Gasteiger partial charge >= 0.3 is 6.09 Å². The SMILES string of the molecule is O=C1Cc2cc(-c3cccc(OC4CN(C(=O)O)C4)c3Cl)ccc2N1. The molecule has 2 aliphatic heterocycles. The molecule has 6 nitrogen and oxygen atoms in total. The van der Waals surface area contributed by atoms with E-state index in [1.165, 1.54) is 4.90 Å². The Morgan fingerprint density at radius 3 is 2.84 bits per heavy atom. The largest absolute Gasteiger partial charge is 0.485 e. The van der Waals surface area contributed by atoms with E-state index in [1.54, 1.807) is 6.07 Å². The van der Waals surface area contributed by atoms with Gasteiger partial charge in [0.2, 0.25) is 5.91 Å². The summed E-state index contributed by atoms with van der Waals surface area (Å²) in [4.78, 5) is 23.6. The van der Waals surface area contributed by atoms with E-state index in [4.69, 9.17) is 21.4 Å². The van der Waals surface area contributed by atoms with Gasteiger partial charge in [0.25, 0.3) is 0 Å². The van der Waals surface area contributed by atoms with Crippen molar-refractivity contribution in [1.29, 1.82) is 0 Å². The number of benzene rings is 2. The van der Waals surface area contributed by atoms with Gasteiger partial charge in [-0.3, -0.25) is 4.79 Å². The number of amides is 2. The lowest BCUT2D eigenvalue weighted by molar-refractivity contribution is -0.115. The molecule has 0 aromatic heterocycles. The molecule has 0 unspecified atom stereocenters. The smallest absolute Gasteiger partial charge is 0.407 e. The minimum absolute atomic E-state index is 0.0108. The number of carbonyl (C=O) groups is 2. The van der Waals surface area contributed by atoms with Gasteiger partial charge in [0, 0.05) is 11.3 Å². The summed E-state index contributed by atoms with van der Waals surface area (Å²) < 4.78 is 5.83. The zero-order valence-electron chi connectivity index (χ0n) is 13.2. The predicted molar refractivity (Wildman–Crippen MR) is 93.2 cm³/mol. The minimum atomic E-state index is -0.944. The van der Waals surface area contributed by atoms with Gasteiger partial charge in [-0.25, -0.2) is 4.79 Å². The number of rotatable bonds is 3. The zero-order chi connectivity index (χ0) is 17.6. The summed E-state index contributed by atoms with van der Waals surface area (Å²) in [6, 6.07) is 11.2. The van der Waals surface area contributed by atoms with Crippen LogP contribution < -0.4 is 10.1 Å². The van der Waals surface area contributed by atoms with Crippen LogP contribution in [0.3, 0.4) is 0 Å². The fraction of sp³-hybridized carbons (Fsp3) is 0.222. The Balaban J connectivity index is 1.57. The summed E-state index contributed by atoms with van der Waals surface area (Å²) >= 11 is 6.51. The number of likely N-dealkylation sites (tertiary alicyclic amines) is 1. The number of carbonyl (C=O) groups excluding carboxylic acids is 1. The Morgan fingerprint density at radius 2 is 2.08 bits per heavy atom. The molecule has 0 saturated carbocycles. The molecule has 2 aromatic rings. The maximum Gasteiger partial charge on any atom is 0.407 e. The summed E-state index contributed by atoms with van der Waals surface area (Å²) in [5.74, 6) is 0.521. The van der Waals surface area contributed by atoms with E-state index in [2.05, 4.69) is 5.32 Å². The fourth-order valence-electron chi connectivity index (χ4n) is 3.07. The van der Waals surface area contributed by atoms with Crippen molar-refractivity contribution in [2.75, 3.05) is 18.4 Å². The quantitative estimate of drug-likeness (QED) is 0.882. The molecule has 0 spiro atoms. The van der Waals surface area contributed by atoms with Gasteiger partial charge < -0.3 is 20.1 Å². The minimum Gasteiger partial charge on any atom is -0.485 e. The molecule has 1 fully saturated rings. The number of nitrogens with zero attached hydrogens (tertiary/aromatic N) is 1. The van der Waals surface area contributed by atoms with Gasteiger partial charge in [-0.15, -0.1) is 0 Å². The van der Waals surface area contributed by atoms with E-state index in [1.807, 2.05) is 30.3 Å². The lowest BCUT2D eigenvalue weighted by Gasteiger charge is -2.37. The van der Waals surface area contributed by atoms with Crippen LogP contribution in [-0.2, 0) is 11.2 Å². The monoisotopic (exact) mass is 358 g/mol. The van der Waals surface area contributed by atoms with E-state index in [0.717, 1.165) is 22.4 Å². The summed E-state index contributed by atoms with van der Waals surface area (Å²) in [6.45, 7) is 0.672. The molecule has 128 valence electrons. The van der Waals surface area contributed by atoms with Crippen LogP contribution in [0.1, 0.15) is 5.56 Å². The molecular weight excluding hydrogens is 344 g/mol. The van der Waals surface area contributed by atoms with E-state index in [-0.39, 0.29) is 12.0 Å². The Morgan fingerprint density at radius 1 is 1.28 bits per heavy atom. The molecule has 2 aliphatic rings. The average molecular weight is 359 g/mol. The van der Waals surface area contributed by atoms with E-state index in [0.29, 0.717) is 30.3 Å². The van der Waals surface area contributed by atoms with Crippen molar-refractivity contribution in [3.8, 4) is 16.9 Å². The molecule has 2 amide bonds. The first-order chi connectivity index (χ1) is 12.0. The topological polar surface area (TPSA) is 78.9 Å². The second-order valence-corrected chi connectivity index (χ2v) is 6.52. The third-order valence-corrected chi connectivity index (χ3v) is 4.81. The van der Waals surface area contributed by atoms with Crippen LogP contribution in [0, 0.1) is 0 Å². The highest BCUT2D eigenvalue weighted by molar-refractivity contribution is 6.34. The second kappa shape index (κ2) is 5.97. The summed E-state index contributed by atoms with van der Waals surface area (Å²) in [5, 5.41) is 12.2. The van der Waals surface area contributed by atoms with Crippen LogP contribution in [0.2, 0.25) is 5.02 Å². The molecule has 0 radical (unpaired) electrons. The highest BCUT2D eigenvalue weighted by Gasteiger charge is 2.32. The van der Waals surface area contributed by atoms with Crippen LogP contribution in [-0.4, -0.2) is 41.2 Å². The summed E-state index contributed by atoms with van der Waals surface area (Å²) in [6.07, 6.45) is -0.768. The number of fused-ring (bicyclic) bond motifs is 1. The molecule has 0 bridgehead atoms. The van der Waals surface area contributed by atoms with Gasteiger partial charge in [0.05, 0.1) is 24.5 Å². The molecule has 4 rings (SSSR count). The molecule has 7 heteroatoms. The standard InChI is InChI=1S/C18H15ClN2O4/c19-17-13(10-4-5-14-11(6-10)7-16(22)20-14)2-1-3-15(17)25-12-8-21(9-12)18(23)24/h1-6,12H,7-9H2,(H,20,22)(H,23,24). The number of nitrogens with one attached hydrogen (secondary N) is 1. The normalized spacial score (nSPS) is 16.2. The van der Waals surface area contributed by atoms with E-state index < -0.39 is 6.09 Å². The number of carboxylic acid groups (broad SMARTS) is 1. The first-order valence-electron chi connectivity index (χ1n) is 7.87. The Kier molecular flexibility index (Phi) is 3.77. The first-order valence-corrected chi connectivity index (χ1v) is 8.25. The van der Waals surface area contributed by atoms with Crippen molar-refractivity contribution >= 4 is 29.3 Å². The van der Waals surface area contributed by atoms with Crippen LogP contribution in [0.25, 0.3) is 11.1 Å². The average Bonchev–Trinajstić information content (AvgIpc) is 2.90. The molecule has 2 N–H and O–H groups in total. The Labute approximate surface area is 149 Å². The maximum absolute atomic E-state index is 11.5. The second-order valence-electron chi connectivity index (χ2n) is 6.14. The third-order valence-electron chi connectivity index (χ3n) is 4.42. The molecule has 0 atom stereocenters. The molecule has 1 saturated heterocycles. The molecule has 2 aromatic carbocycles. The van der Waals surface area contributed by atoms with Crippen LogP contribution in [0.5, 0.6) is 5.75 Å². The highest BCUT2D eigenvalue weighted by atomic mass is 35.5. The van der Waals surface area contributed by atoms with Gasteiger partial charge in [0.1, 0.15) is 11.9 Å². The number of hydrogen-bond acceptors (Lipinski definition) is 3. The Hall–Kier alpha value is -2.73. The number of ether oxygens (including phenoxy) is 1. The molecule has 2 heterocycles. The number of anilines is 1. The van der Waals surface area contributed by atoms with E-state index >= 15 is 0 Å². The lowest BCUT2D eigenvalue weighted by atomic mass is 10.0. The molecular formula is C18H15ClN2O4. The van der Waals surface area contributed by atoms with Gasteiger partial charge in [0.15, 0.2) is 0 Å². The lowest BCUT2D eigenvalue weighted by Crippen LogP contribution is -2.55. The third kappa shape index (κ3) is 2.89. The van der Waals surface area contributed by atoms with Crippen molar-refractivity contribution in [3.05, 3.63) is 47.0 Å². The first kappa shape index (κ1) is 15.8. The van der Waals surface area contributed by atoms with Crippen molar-refractivity contribution in [1.82, 2.24) is 4.90 Å². The van der Waals surface area contributed by atoms with E-state index in [9.17, 15) is 9.59 Å². The van der Waals surface area contributed by atoms with Crippen LogP contribution in [0.4, 0.5) is 10.5 Å². The van der Waals surface area contributed by atoms with Crippen molar-refractivity contribution in [2.24, 2.45) is 0 Å². The van der Waals surface area contributed by atoms with Crippen LogP contribution in [0.15, 0.2) is 36.4 Å². The van der Waals surface area contributed by atoms with Gasteiger partial charge in [-0.2, -0.15) is 0 Å². The molecule has 25 heavy (non-hydrogen) atoms. The highest BCUT2D eigenvalue weighted by Crippen LogP contribution is 2.38. The number of hydrogen-bond donors (Lipinski definition) is 2. The van der Waals surface area contributed by atoms with Crippen LogP contribution >= 0.6 is 11.6 Å². The maximum atomic E-state index is 11.5. The molecule has 0 aliphatic carbocycles. The Bertz CT molecular complexity index is 877. The number of halogens is 1.